The summed E-state index contributed by atoms with van der Waals surface area (Å²) in [6.45, 7) is 3.87. The Bertz CT molecular complexity index is 388. The molecule has 2 rings (SSSR count). The summed E-state index contributed by atoms with van der Waals surface area (Å²) in [6.07, 6.45) is 0.642. The Morgan fingerprint density at radius 3 is 2.65 bits per heavy atom. The number of methoxy groups -OCH3 is 1. The van der Waals surface area contributed by atoms with Gasteiger partial charge in [-0.2, -0.15) is 0 Å². The van der Waals surface area contributed by atoms with E-state index in [-0.39, 0.29) is 0 Å². The molecule has 17 heavy (non-hydrogen) atoms. The number of benzene rings is 1. The predicted octanol–water partition coefficient (Wildman–Crippen LogP) is 0.971. The van der Waals surface area contributed by atoms with Gasteiger partial charge in [0, 0.05) is 19.5 Å². The minimum absolute atomic E-state index is 0.599. The first-order valence-corrected chi connectivity index (χ1v) is 5.90. The van der Waals surface area contributed by atoms with E-state index in [1.54, 1.807) is 7.11 Å². The van der Waals surface area contributed by atoms with Gasteiger partial charge in [-0.25, -0.2) is 0 Å². The first kappa shape index (κ1) is 12.2. The lowest BCUT2D eigenvalue weighted by Crippen LogP contribution is -2.60. The molecule has 0 aliphatic carbocycles. The maximum absolute atomic E-state index is 10.1. The summed E-state index contributed by atoms with van der Waals surface area (Å²) in [6, 6.07) is 5.80. The van der Waals surface area contributed by atoms with E-state index in [9.17, 15) is 5.11 Å². The van der Waals surface area contributed by atoms with Gasteiger partial charge in [0.05, 0.1) is 19.3 Å². The van der Waals surface area contributed by atoms with Gasteiger partial charge in [-0.05, 0) is 24.6 Å². The third kappa shape index (κ3) is 2.70. The van der Waals surface area contributed by atoms with Gasteiger partial charge in [-0.15, -0.1) is 0 Å². The van der Waals surface area contributed by atoms with Crippen LogP contribution in [-0.4, -0.2) is 37.5 Å². The molecule has 0 radical (unpaired) electrons. The molecule has 0 spiro atoms. The van der Waals surface area contributed by atoms with Gasteiger partial charge >= 0.3 is 0 Å². The van der Waals surface area contributed by atoms with Crippen LogP contribution in [-0.2, 0) is 6.42 Å². The van der Waals surface area contributed by atoms with Crippen LogP contribution in [0.5, 0.6) is 11.5 Å². The molecule has 4 nitrogen and oxygen atoms in total. The van der Waals surface area contributed by atoms with Crippen molar-refractivity contribution in [2.75, 3.05) is 26.8 Å². The van der Waals surface area contributed by atoms with Crippen LogP contribution in [0.15, 0.2) is 18.2 Å². The summed E-state index contributed by atoms with van der Waals surface area (Å²) in [5.74, 6) is 1.47. The molecule has 4 heteroatoms. The van der Waals surface area contributed by atoms with Crippen LogP contribution in [0.25, 0.3) is 0 Å². The molecule has 1 aromatic rings. The van der Waals surface area contributed by atoms with E-state index in [2.05, 4.69) is 5.32 Å². The second kappa shape index (κ2) is 4.94. The topological polar surface area (TPSA) is 50.7 Å². The van der Waals surface area contributed by atoms with Crippen LogP contribution in [0.1, 0.15) is 12.5 Å². The van der Waals surface area contributed by atoms with Gasteiger partial charge in [0.15, 0.2) is 11.5 Å². The minimum Gasteiger partial charge on any atom is -0.493 e. The number of nitrogens with one attached hydrogen (secondary N) is 1. The molecule has 1 saturated heterocycles. The molecule has 2 N–H and O–H groups in total. The number of hydrogen-bond donors (Lipinski definition) is 2. The average Bonchev–Trinajstić information content (AvgIpc) is 2.29. The zero-order valence-electron chi connectivity index (χ0n) is 10.3. The van der Waals surface area contributed by atoms with Crippen LogP contribution < -0.4 is 14.8 Å². The molecule has 0 saturated carbocycles. The van der Waals surface area contributed by atoms with E-state index in [0.717, 1.165) is 17.1 Å². The van der Waals surface area contributed by atoms with Gasteiger partial charge in [-0.3, -0.25) is 0 Å². The number of β-amino-alcohol motifs (C(OH)–C–C–N with tert-alkyl or cyclic N) is 1. The Labute approximate surface area is 102 Å². The Morgan fingerprint density at radius 1 is 1.35 bits per heavy atom. The van der Waals surface area contributed by atoms with E-state index in [1.807, 2.05) is 25.1 Å². The van der Waals surface area contributed by atoms with Crippen molar-refractivity contribution >= 4 is 0 Å². The fraction of sp³-hybridized carbons (Fsp3) is 0.538. The second-order valence-corrected chi connectivity index (χ2v) is 4.42. The highest BCUT2D eigenvalue weighted by Crippen LogP contribution is 2.30. The summed E-state index contributed by atoms with van der Waals surface area (Å²) < 4.78 is 10.7. The van der Waals surface area contributed by atoms with E-state index >= 15 is 0 Å². The summed E-state index contributed by atoms with van der Waals surface area (Å²) in [5, 5.41) is 13.1. The molecular weight excluding hydrogens is 218 g/mol. The number of aliphatic hydroxyl groups is 1. The highest BCUT2D eigenvalue weighted by atomic mass is 16.5. The predicted molar refractivity (Wildman–Crippen MR) is 65.7 cm³/mol. The van der Waals surface area contributed by atoms with Gasteiger partial charge in [0.2, 0.25) is 0 Å². The molecule has 94 valence electrons. The maximum Gasteiger partial charge on any atom is 0.161 e. The summed E-state index contributed by atoms with van der Waals surface area (Å²) in [5.41, 5.74) is 0.465. The van der Waals surface area contributed by atoms with Crippen molar-refractivity contribution in [2.45, 2.75) is 18.9 Å². The van der Waals surface area contributed by atoms with E-state index in [0.29, 0.717) is 26.1 Å². The fourth-order valence-corrected chi connectivity index (χ4v) is 2.02. The third-order valence-corrected chi connectivity index (χ3v) is 2.97. The summed E-state index contributed by atoms with van der Waals surface area (Å²) >= 11 is 0. The van der Waals surface area contributed by atoms with E-state index in [4.69, 9.17) is 9.47 Å². The highest BCUT2D eigenvalue weighted by molar-refractivity contribution is 5.43. The Balaban J connectivity index is 2.13. The molecule has 1 heterocycles. The molecule has 0 bridgehead atoms. The normalized spacial score (nSPS) is 17.4. The molecular formula is C13H19NO3. The minimum atomic E-state index is -0.599. The van der Waals surface area contributed by atoms with Crippen LogP contribution >= 0.6 is 0 Å². The van der Waals surface area contributed by atoms with E-state index < -0.39 is 5.60 Å². The van der Waals surface area contributed by atoms with Crippen molar-refractivity contribution in [3.63, 3.8) is 0 Å². The van der Waals surface area contributed by atoms with Gasteiger partial charge in [0.25, 0.3) is 0 Å². The lowest BCUT2D eigenvalue weighted by atomic mass is 9.89. The smallest absolute Gasteiger partial charge is 0.161 e. The molecule has 1 fully saturated rings. The molecule has 0 amide bonds. The Morgan fingerprint density at radius 2 is 2.12 bits per heavy atom. The summed E-state index contributed by atoms with van der Waals surface area (Å²) in [7, 11) is 1.63. The van der Waals surface area contributed by atoms with Crippen LogP contribution in [0, 0.1) is 0 Å². The lowest BCUT2D eigenvalue weighted by Gasteiger charge is -2.37. The molecule has 1 aliphatic heterocycles. The third-order valence-electron chi connectivity index (χ3n) is 2.97. The highest BCUT2D eigenvalue weighted by Gasteiger charge is 2.34. The molecule has 0 aromatic heterocycles. The second-order valence-electron chi connectivity index (χ2n) is 4.42. The van der Waals surface area contributed by atoms with Crippen molar-refractivity contribution in [1.29, 1.82) is 0 Å². The molecule has 0 unspecified atom stereocenters. The average molecular weight is 237 g/mol. The van der Waals surface area contributed by atoms with Gasteiger partial charge < -0.3 is 19.9 Å². The quantitative estimate of drug-likeness (QED) is 0.801. The summed E-state index contributed by atoms with van der Waals surface area (Å²) in [4.78, 5) is 0. The van der Waals surface area contributed by atoms with Crippen molar-refractivity contribution in [2.24, 2.45) is 0 Å². The van der Waals surface area contributed by atoms with Crippen molar-refractivity contribution < 1.29 is 14.6 Å². The Hall–Kier alpha value is -1.26. The number of hydrogen-bond acceptors (Lipinski definition) is 4. The monoisotopic (exact) mass is 237 g/mol. The van der Waals surface area contributed by atoms with Gasteiger partial charge in [-0.1, -0.05) is 6.07 Å². The number of rotatable bonds is 5. The maximum atomic E-state index is 10.1. The van der Waals surface area contributed by atoms with Crippen molar-refractivity contribution in [1.82, 2.24) is 5.32 Å². The first-order valence-electron chi connectivity index (χ1n) is 5.90. The van der Waals surface area contributed by atoms with Crippen LogP contribution in [0.3, 0.4) is 0 Å². The fourth-order valence-electron chi connectivity index (χ4n) is 2.02. The zero-order valence-corrected chi connectivity index (χ0v) is 10.3. The Kier molecular flexibility index (Phi) is 3.54. The lowest BCUT2D eigenvalue weighted by molar-refractivity contribution is -0.00905. The SMILES string of the molecule is CCOc1ccc(CC2(O)CNC2)cc1OC. The van der Waals surface area contributed by atoms with Crippen LogP contribution in [0.2, 0.25) is 0 Å². The molecule has 1 aliphatic rings. The van der Waals surface area contributed by atoms with Crippen LogP contribution in [0.4, 0.5) is 0 Å². The first-order chi connectivity index (χ1) is 8.17. The van der Waals surface area contributed by atoms with Crippen molar-refractivity contribution in [3.05, 3.63) is 23.8 Å². The number of ether oxygens (including phenoxy) is 2. The van der Waals surface area contributed by atoms with Gasteiger partial charge in [0.1, 0.15) is 0 Å². The van der Waals surface area contributed by atoms with E-state index in [1.165, 1.54) is 0 Å². The molecule has 0 atom stereocenters. The zero-order chi connectivity index (χ0) is 12.3. The standard InChI is InChI=1S/C13H19NO3/c1-3-17-11-5-4-10(6-12(11)16-2)7-13(15)8-14-9-13/h4-6,14-15H,3,7-9H2,1-2H3. The largest absolute Gasteiger partial charge is 0.493 e. The van der Waals surface area contributed by atoms with Crippen molar-refractivity contribution in [3.8, 4) is 11.5 Å². The molecule has 1 aromatic carbocycles.